The number of Topliss-reactive ketones (excluding diaryl/α,β-unsaturated/α-hetero) is 1. The van der Waals surface area contributed by atoms with Crippen LogP contribution in [0.5, 0.6) is 0 Å². The maximum absolute atomic E-state index is 12.3. The summed E-state index contributed by atoms with van der Waals surface area (Å²) in [5, 5.41) is -0.127. The third-order valence-corrected chi connectivity index (χ3v) is 4.46. The molecule has 0 N–H and O–H groups in total. The Balaban J connectivity index is 1.94. The van der Waals surface area contributed by atoms with Gasteiger partial charge in [0.15, 0.2) is 5.78 Å². The number of aliphatic imine (C=N–C) groups is 1. The monoisotopic (exact) mass is 246 g/mol. The number of hydrogen-bond donors (Lipinski definition) is 0. The molecule has 0 saturated carbocycles. The predicted molar refractivity (Wildman–Crippen MR) is 70.0 cm³/mol. The van der Waals surface area contributed by atoms with Crippen LogP contribution < -0.4 is 0 Å². The molecule has 2 aliphatic heterocycles. The third kappa shape index (κ3) is 1.76. The van der Waals surface area contributed by atoms with Gasteiger partial charge in [0.1, 0.15) is 11.1 Å². The highest BCUT2D eigenvalue weighted by Gasteiger charge is 2.36. The van der Waals surface area contributed by atoms with E-state index in [9.17, 15) is 4.79 Å². The number of nitrogens with zero attached hydrogens (tertiary/aromatic N) is 2. The van der Waals surface area contributed by atoms with Gasteiger partial charge in [-0.15, -0.1) is 11.8 Å². The van der Waals surface area contributed by atoms with Crippen molar-refractivity contribution in [3.8, 4) is 0 Å². The summed E-state index contributed by atoms with van der Waals surface area (Å²) in [5.74, 6) is 1.15. The number of thioether (sulfide) groups is 1. The van der Waals surface area contributed by atoms with Crippen molar-refractivity contribution in [1.82, 2.24) is 4.90 Å². The van der Waals surface area contributed by atoms with E-state index in [-0.39, 0.29) is 11.0 Å². The fraction of sp³-hybridized carbons (Fsp3) is 0.385. The van der Waals surface area contributed by atoms with Crippen molar-refractivity contribution in [3.05, 3.63) is 29.8 Å². The molecule has 3 rings (SSSR count). The Morgan fingerprint density at radius 3 is 3.00 bits per heavy atom. The summed E-state index contributed by atoms with van der Waals surface area (Å²) >= 11 is 1.63. The zero-order valence-corrected chi connectivity index (χ0v) is 10.5. The smallest absolute Gasteiger partial charge is 0.184 e. The highest BCUT2D eigenvalue weighted by atomic mass is 32.2. The first kappa shape index (κ1) is 10.8. The zero-order valence-electron chi connectivity index (χ0n) is 9.72. The van der Waals surface area contributed by atoms with E-state index in [0.717, 1.165) is 35.8 Å². The lowest BCUT2D eigenvalue weighted by Gasteiger charge is -2.27. The van der Waals surface area contributed by atoms with Gasteiger partial charge in [-0.05, 0) is 12.5 Å². The molecule has 1 aromatic carbocycles. The van der Waals surface area contributed by atoms with Gasteiger partial charge in [-0.2, -0.15) is 0 Å². The summed E-state index contributed by atoms with van der Waals surface area (Å²) in [4.78, 5) is 20.0. The number of carbonyl (C=O) groups is 1. The number of ketones is 1. The van der Waals surface area contributed by atoms with E-state index in [4.69, 9.17) is 0 Å². The molecule has 1 unspecified atom stereocenters. The van der Waals surface area contributed by atoms with Gasteiger partial charge in [0.05, 0.1) is 0 Å². The van der Waals surface area contributed by atoms with Gasteiger partial charge in [0, 0.05) is 30.6 Å². The van der Waals surface area contributed by atoms with E-state index < -0.39 is 0 Å². The molecular formula is C13H14N2OS. The first-order valence-electron chi connectivity index (χ1n) is 5.83. The lowest BCUT2D eigenvalue weighted by Crippen LogP contribution is -2.40. The van der Waals surface area contributed by atoms with Crippen molar-refractivity contribution in [2.75, 3.05) is 20.1 Å². The lowest BCUT2D eigenvalue weighted by molar-refractivity contribution is 0.100. The quantitative estimate of drug-likeness (QED) is 0.760. The summed E-state index contributed by atoms with van der Waals surface area (Å²) in [5.41, 5.74) is 0.851. The molecule has 0 amide bonds. The SMILES string of the molecule is CN1CCCN=C1C1Sc2ccccc2C1=O. The van der Waals surface area contributed by atoms with Gasteiger partial charge in [0.25, 0.3) is 0 Å². The number of carbonyl (C=O) groups excluding carboxylic acids is 1. The van der Waals surface area contributed by atoms with Crippen LogP contribution in [0.3, 0.4) is 0 Å². The lowest BCUT2D eigenvalue weighted by atomic mass is 10.1. The minimum Gasteiger partial charge on any atom is -0.362 e. The van der Waals surface area contributed by atoms with E-state index in [1.165, 1.54) is 0 Å². The standard InChI is InChI=1S/C13H14N2OS/c1-15-8-4-7-14-13(15)12-11(16)9-5-2-3-6-10(9)17-12/h2-3,5-6,12H,4,7-8H2,1H3. The molecule has 0 aliphatic carbocycles. The second kappa shape index (κ2) is 4.18. The van der Waals surface area contributed by atoms with Crippen molar-refractivity contribution < 1.29 is 4.79 Å². The third-order valence-electron chi connectivity index (χ3n) is 3.19. The number of benzene rings is 1. The van der Waals surface area contributed by atoms with Crippen molar-refractivity contribution >= 4 is 23.4 Å². The fourth-order valence-corrected chi connectivity index (χ4v) is 3.59. The Morgan fingerprint density at radius 2 is 2.24 bits per heavy atom. The summed E-state index contributed by atoms with van der Waals surface area (Å²) < 4.78 is 0. The molecule has 0 fully saturated rings. The highest BCUT2D eigenvalue weighted by Crippen LogP contribution is 2.38. The largest absolute Gasteiger partial charge is 0.362 e. The molecule has 2 aliphatic rings. The Hall–Kier alpha value is -1.29. The summed E-state index contributed by atoms with van der Waals surface area (Å²) in [6.45, 7) is 1.85. The average molecular weight is 246 g/mol. The van der Waals surface area contributed by atoms with E-state index in [2.05, 4.69) is 9.89 Å². The van der Waals surface area contributed by atoms with E-state index >= 15 is 0 Å². The van der Waals surface area contributed by atoms with Gasteiger partial charge >= 0.3 is 0 Å². The van der Waals surface area contributed by atoms with Crippen LogP contribution in [0.15, 0.2) is 34.2 Å². The van der Waals surface area contributed by atoms with Gasteiger partial charge < -0.3 is 4.90 Å². The molecule has 0 saturated heterocycles. The maximum Gasteiger partial charge on any atom is 0.184 e. The van der Waals surface area contributed by atoms with Crippen LogP contribution >= 0.6 is 11.8 Å². The molecule has 1 atom stereocenters. The van der Waals surface area contributed by atoms with Crippen LogP contribution in [0, 0.1) is 0 Å². The predicted octanol–water partition coefficient (Wildman–Crippen LogP) is 2.08. The Morgan fingerprint density at radius 1 is 1.41 bits per heavy atom. The van der Waals surface area contributed by atoms with Crippen LogP contribution in [0.1, 0.15) is 16.8 Å². The highest BCUT2D eigenvalue weighted by molar-refractivity contribution is 8.02. The molecule has 0 bridgehead atoms. The fourth-order valence-electron chi connectivity index (χ4n) is 2.28. The molecular weight excluding hydrogens is 232 g/mol. The van der Waals surface area contributed by atoms with Crippen LogP contribution in [-0.2, 0) is 0 Å². The van der Waals surface area contributed by atoms with E-state index in [1.54, 1.807) is 11.8 Å². The van der Waals surface area contributed by atoms with Crippen molar-refractivity contribution in [3.63, 3.8) is 0 Å². The van der Waals surface area contributed by atoms with Crippen molar-refractivity contribution in [2.24, 2.45) is 4.99 Å². The maximum atomic E-state index is 12.3. The van der Waals surface area contributed by atoms with Crippen molar-refractivity contribution in [2.45, 2.75) is 16.6 Å². The van der Waals surface area contributed by atoms with Crippen LogP contribution in [0.2, 0.25) is 0 Å². The normalized spacial score (nSPS) is 23.6. The molecule has 88 valence electrons. The minimum atomic E-state index is -0.127. The molecule has 1 aromatic rings. The van der Waals surface area contributed by atoms with Crippen molar-refractivity contribution in [1.29, 1.82) is 0 Å². The molecule has 4 heteroatoms. The molecule has 0 aromatic heterocycles. The van der Waals surface area contributed by atoms with Gasteiger partial charge in [-0.3, -0.25) is 9.79 Å². The number of hydrogen-bond acceptors (Lipinski definition) is 4. The molecule has 0 spiro atoms. The molecule has 3 nitrogen and oxygen atoms in total. The minimum absolute atomic E-state index is 0.127. The summed E-state index contributed by atoms with van der Waals surface area (Å²) in [6, 6.07) is 7.83. The number of fused-ring (bicyclic) bond motifs is 1. The zero-order chi connectivity index (χ0) is 11.8. The van der Waals surface area contributed by atoms with Crippen LogP contribution in [-0.4, -0.2) is 41.9 Å². The second-order valence-electron chi connectivity index (χ2n) is 4.37. The molecule has 2 heterocycles. The first-order chi connectivity index (χ1) is 8.27. The number of rotatable bonds is 1. The average Bonchev–Trinajstić information content (AvgIpc) is 2.68. The number of amidine groups is 1. The Kier molecular flexibility index (Phi) is 2.67. The molecule has 17 heavy (non-hydrogen) atoms. The summed E-state index contributed by atoms with van der Waals surface area (Å²) in [6.07, 6.45) is 1.08. The van der Waals surface area contributed by atoms with Crippen LogP contribution in [0.4, 0.5) is 0 Å². The first-order valence-corrected chi connectivity index (χ1v) is 6.71. The van der Waals surface area contributed by atoms with Gasteiger partial charge in [-0.25, -0.2) is 0 Å². The van der Waals surface area contributed by atoms with Gasteiger partial charge in [-0.1, -0.05) is 18.2 Å². The van der Waals surface area contributed by atoms with Gasteiger partial charge in [0.2, 0.25) is 0 Å². The second-order valence-corrected chi connectivity index (χ2v) is 5.52. The van der Waals surface area contributed by atoms with E-state index in [0.29, 0.717) is 0 Å². The Bertz CT molecular complexity index is 498. The Labute approximate surface area is 105 Å². The van der Waals surface area contributed by atoms with Crippen LogP contribution in [0.25, 0.3) is 0 Å². The molecule has 0 radical (unpaired) electrons. The summed E-state index contributed by atoms with van der Waals surface area (Å²) in [7, 11) is 2.02. The topological polar surface area (TPSA) is 32.7 Å². The van der Waals surface area contributed by atoms with E-state index in [1.807, 2.05) is 31.3 Å².